The molecule has 0 aromatic carbocycles. The highest BCUT2D eigenvalue weighted by atomic mass is 16.3. The summed E-state index contributed by atoms with van der Waals surface area (Å²) in [5.74, 6) is -0.135. The number of hydrogen-bond donors (Lipinski definition) is 1. The maximum atomic E-state index is 10.8. The number of Topliss-reactive ketones (excluding diaryl/α,β-unsaturated/α-hetero) is 1. The average Bonchev–Trinajstić information content (AvgIpc) is 2.50. The zero-order valence-corrected chi connectivity index (χ0v) is 14.2. The largest absolute Gasteiger partial charge is 0.382 e. The van der Waals surface area contributed by atoms with Gasteiger partial charge >= 0.3 is 0 Å². The van der Waals surface area contributed by atoms with Crippen molar-refractivity contribution < 1.29 is 9.90 Å². The van der Waals surface area contributed by atoms with E-state index in [4.69, 9.17) is 5.11 Å². The van der Waals surface area contributed by atoms with E-state index in [1.165, 1.54) is 83.5 Å². The van der Waals surface area contributed by atoms with Crippen LogP contribution < -0.4 is 0 Å². The lowest BCUT2D eigenvalue weighted by atomic mass is 10.0. The molecule has 0 saturated heterocycles. The summed E-state index contributed by atoms with van der Waals surface area (Å²) < 4.78 is 0. The molecule has 0 unspecified atom stereocenters. The van der Waals surface area contributed by atoms with Crippen LogP contribution in [0.2, 0.25) is 0 Å². The molecule has 0 atom stereocenters. The molecule has 2 heteroatoms. The van der Waals surface area contributed by atoms with Gasteiger partial charge in [-0.1, -0.05) is 96.8 Å². The lowest BCUT2D eigenvalue weighted by Crippen LogP contribution is -1.96. The van der Waals surface area contributed by atoms with Crippen molar-refractivity contribution in [3.63, 3.8) is 0 Å². The Balaban J connectivity index is 2.98. The van der Waals surface area contributed by atoms with Crippen LogP contribution in [-0.2, 0) is 4.79 Å². The molecule has 0 aliphatic carbocycles. The van der Waals surface area contributed by atoms with Crippen LogP contribution in [0.4, 0.5) is 0 Å². The average molecular weight is 298 g/mol. The van der Waals surface area contributed by atoms with Crippen molar-refractivity contribution in [3.8, 4) is 0 Å². The van der Waals surface area contributed by atoms with Gasteiger partial charge in [0, 0.05) is 6.42 Å². The number of carbonyl (C=O) groups is 1. The molecular formula is C19H37O2. The summed E-state index contributed by atoms with van der Waals surface area (Å²) in [7, 11) is 0. The fourth-order valence-corrected chi connectivity index (χ4v) is 2.74. The van der Waals surface area contributed by atoms with Crippen LogP contribution in [0, 0.1) is 6.61 Å². The first-order valence-corrected chi connectivity index (χ1v) is 9.31. The van der Waals surface area contributed by atoms with Crippen molar-refractivity contribution in [2.75, 3.05) is 0 Å². The maximum Gasteiger partial charge on any atom is 0.164 e. The summed E-state index contributed by atoms with van der Waals surface area (Å²) in [5.41, 5.74) is 0. The van der Waals surface area contributed by atoms with Crippen LogP contribution in [0.25, 0.3) is 0 Å². The molecule has 2 nitrogen and oxygen atoms in total. The highest BCUT2D eigenvalue weighted by molar-refractivity contribution is 5.84. The van der Waals surface area contributed by atoms with Gasteiger partial charge in [-0.3, -0.25) is 4.79 Å². The predicted molar refractivity (Wildman–Crippen MR) is 90.8 cm³/mol. The summed E-state index contributed by atoms with van der Waals surface area (Å²) >= 11 is 0. The van der Waals surface area contributed by atoms with Crippen LogP contribution in [0.1, 0.15) is 110 Å². The molecule has 0 aromatic rings. The van der Waals surface area contributed by atoms with Gasteiger partial charge in [-0.2, -0.15) is 0 Å². The molecule has 0 spiro atoms. The summed E-state index contributed by atoms with van der Waals surface area (Å²) in [5, 5.41) is 8.48. The molecule has 0 saturated carbocycles. The molecule has 0 fully saturated rings. The second kappa shape index (κ2) is 17.7. The Morgan fingerprint density at radius 2 is 1.00 bits per heavy atom. The van der Waals surface area contributed by atoms with E-state index >= 15 is 0 Å². The van der Waals surface area contributed by atoms with Crippen LogP contribution in [0.5, 0.6) is 0 Å². The third-order valence-corrected chi connectivity index (χ3v) is 4.17. The SMILES string of the molecule is CCCCCCCCCCCCCCCCCC(=O)[CH]O. The van der Waals surface area contributed by atoms with Gasteiger partial charge in [-0.15, -0.1) is 0 Å². The summed E-state index contributed by atoms with van der Waals surface area (Å²) in [6.45, 7) is 2.97. The fourth-order valence-electron chi connectivity index (χ4n) is 2.74. The van der Waals surface area contributed by atoms with Crippen LogP contribution in [0.3, 0.4) is 0 Å². The van der Waals surface area contributed by atoms with Gasteiger partial charge in [0.25, 0.3) is 0 Å². The summed E-state index contributed by atoms with van der Waals surface area (Å²) in [6.07, 6.45) is 20.5. The van der Waals surface area contributed by atoms with E-state index in [9.17, 15) is 4.79 Å². The Morgan fingerprint density at radius 1 is 0.667 bits per heavy atom. The van der Waals surface area contributed by atoms with Crippen molar-refractivity contribution in [1.29, 1.82) is 0 Å². The molecule has 0 heterocycles. The van der Waals surface area contributed by atoms with Crippen molar-refractivity contribution in [1.82, 2.24) is 0 Å². The Bertz CT molecular complexity index is 214. The molecule has 0 bridgehead atoms. The maximum absolute atomic E-state index is 10.8. The molecule has 21 heavy (non-hydrogen) atoms. The number of aliphatic hydroxyl groups is 1. The molecule has 125 valence electrons. The normalized spacial score (nSPS) is 11.0. The second-order valence-corrected chi connectivity index (χ2v) is 6.30. The van der Waals surface area contributed by atoms with E-state index in [1.807, 2.05) is 0 Å². The smallest absolute Gasteiger partial charge is 0.164 e. The van der Waals surface area contributed by atoms with Crippen LogP contribution in [-0.4, -0.2) is 10.9 Å². The fraction of sp³-hybridized carbons (Fsp3) is 0.895. The Labute approximate surface area is 132 Å². The summed E-state index contributed by atoms with van der Waals surface area (Å²) in [6, 6.07) is 0. The molecule has 1 N–H and O–H groups in total. The molecule has 0 aliphatic rings. The molecular weight excluding hydrogens is 260 g/mol. The number of rotatable bonds is 17. The molecule has 0 amide bonds. The number of carbonyl (C=O) groups excluding carboxylic acids is 1. The molecule has 0 aromatic heterocycles. The van der Waals surface area contributed by atoms with Crippen LogP contribution in [0.15, 0.2) is 0 Å². The third-order valence-electron chi connectivity index (χ3n) is 4.17. The van der Waals surface area contributed by atoms with Crippen molar-refractivity contribution in [2.24, 2.45) is 0 Å². The highest BCUT2D eigenvalue weighted by Crippen LogP contribution is 2.13. The van der Waals surface area contributed by atoms with Crippen molar-refractivity contribution >= 4 is 5.78 Å². The number of hydrogen-bond acceptors (Lipinski definition) is 2. The Morgan fingerprint density at radius 3 is 1.33 bits per heavy atom. The lowest BCUT2D eigenvalue weighted by molar-refractivity contribution is -0.118. The standard InChI is InChI=1S/C19H37O2/c1-2-3-4-5-6-7-8-9-10-11-12-13-14-15-16-17-19(21)18-20/h18,20H,2-17H2,1H3. The van der Waals surface area contributed by atoms with E-state index in [-0.39, 0.29) is 5.78 Å². The minimum Gasteiger partial charge on any atom is -0.382 e. The minimum absolute atomic E-state index is 0.135. The first kappa shape index (κ1) is 20.6. The monoisotopic (exact) mass is 297 g/mol. The number of aliphatic hydroxyl groups excluding tert-OH is 1. The Hall–Kier alpha value is -0.370. The summed E-state index contributed by atoms with van der Waals surface area (Å²) in [4.78, 5) is 10.8. The van der Waals surface area contributed by atoms with Gasteiger partial charge in [-0.25, -0.2) is 0 Å². The van der Waals surface area contributed by atoms with Gasteiger partial charge in [0.15, 0.2) is 5.78 Å². The third kappa shape index (κ3) is 17.6. The zero-order chi connectivity index (χ0) is 15.6. The van der Waals surface area contributed by atoms with Gasteiger partial charge in [0.1, 0.15) is 6.61 Å². The first-order chi connectivity index (χ1) is 10.3. The van der Waals surface area contributed by atoms with Crippen molar-refractivity contribution in [3.05, 3.63) is 6.61 Å². The molecule has 0 rings (SSSR count). The van der Waals surface area contributed by atoms with Gasteiger partial charge < -0.3 is 5.11 Å². The first-order valence-electron chi connectivity index (χ1n) is 9.31. The van der Waals surface area contributed by atoms with E-state index in [0.717, 1.165) is 12.8 Å². The zero-order valence-electron chi connectivity index (χ0n) is 14.2. The minimum atomic E-state index is -0.135. The van der Waals surface area contributed by atoms with Gasteiger partial charge in [0.2, 0.25) is 0 Å². The quantitative estimate of drug-likeness (QED) is 0.317. The van der Waals surface area contributed by atoms with Crippen molar-refractivity contribution in [2.45, 2.75) is 110 Å². The second-order valence-electron chi connectivity index (χ2n) is 6.30. The van der Waals surface area contributed by atoms with Gasteiger partial charge in [-0.05, 0) is 6.42 Å². The van der Waals surface area contributed by atoms with E-state index in [1.54, 1.807) is 0 Å². The van der Waals surface area contributed by atoms with Gasteiger partial charge in [0.05, 0.1) is 0 Å². The topological polar surface area (TPSA) is 37.3 Å². The number of unbranched alkanes of at least 4 members (excludes halogenated alkanes) is 14. The molecule has 0 aliphatic heterocycles. The van der Waals surface area contributed by atoms with E-state index < -0.39 is 0 Å². The highest BCUT2D eigenvalue weighted by Gasteiger charge is 1.99. The van der Waals surface area contributed by atoms with Crippen LogP contribution >= 0.6 is 0 Å². The number of ketones is 1. The molecule has 1 radical (unpaired) electrons. The Kier molecular flexibility index (Phi) is 17.4. The lowest BCUT2D eigenvalue weighted by Gasteiger charge is -2.03. The van der Waals surface area contributed by atoms with E-state index in [0.29, 0.717) is 13.0 Å². The predicted octanol–water partition coefficient (Wildman–Crippen LogP) is 6.35. The van der Waals surface area contributed by atoms with E-state index in [2.05, 4.69) is 6.92 Å².